The molecule has 5 atom stereocenters. The molecule has 4 fully saturated rings. The first kappa shape index (κ1) is 28.6. The fraction of sp³-hybridized carbons (Fsp3) is 0.516. The maximum atomic E-state index is 17.1. The van der Waals surface area contributed by atoms with Crippen LogP contribution in [0.15, 0.2) is 18.2 Å². The Hall–Kier alpha value is -3.62. The summed E-state index contributed by atoms with van der Waals surface area (Å²) in [6.07, 6.45) is 3.07. The van der Waals surface area contributed by atoms with E-state index in [0.717, 1.165) is 32.2 Å². The Kier molecular flexibility index (Phi) is 6.33. The van der Waals surface area contributed by atoms with Gasteiger partial charge in [0.25, 0.3) is 0 Å². The predicted octanol–water partition coefficient (Wildman–Crippen LogP) is 5.07. The molecule has 0 radical (unpaired) electrons. The van der Waals surface area contributed by atoms with Gasteiger partial charge in [-0.1, -0.05) is 23.7 Å². The molecule has 2 aromatic heterocycles. The Morgan fingerprint density at radius 3 is 2.91 bits per heavy atom. The Morgan fingerprint density at radius 1 is 1.20 bits per heavy atom. The number of nitrogen functional groups attached to an aromatic ring is 1. The summed E-state index contributed by atoms with van der Waals surface area (Å²) in [4.78, 5) is 17.8. The highest BCUT2D eigenvalue weighted by atomic mass is 35.5. The maximum Gasteiger partial charge on any atom is 0.321 e. The van der Waals surface area contributed by atoms with Gasteiger partial charge in [-0.25, -0.2) is 13.8 Å². The molecule has 2 aromatic carbocycles. The quantitative estimate of drug-likeness (QED) is 0.284. The lowest BCUT2D eigenvalue weighted by Crippen LogP contribution is -2.60. The van der Waals surface area contributed by atoms with Crippen LogP contribution in [0.25, 0.3) is 33.1 Å². The number of nitrogens with two attached hydrogens (primary N) is 1. The molecule has 0 unspecified atom stereocenters. The van der Waals surface area contributed by atoms with E-state index in [1.54, 1.807) is 6.07 Å². The largest absolute Gasteiger partial charge is 0.489 e. The molecule has 9 rings (SSSR count). The van der Waals surface area contributed by atoms with Gasteiger partial charge in [-0.05, 0) is 38.3 Å². The first-order valence-electron chi connectivity index (χ1n) is 15.7. The molecule has 4 saturated heterocycles. The Balaban J connectivity index is 1.25. The molecule has 46 heavy (non-hydrogen) atoms. The monoisotopic (exact) mass is 658 g/mol. The number of hydrogen-bond acceptors (Lipinski definition) is 9. The van der Waals surface area contributed by atoms with E-state index in [1.807, 2.05) is 0 Å². The number of para-hydroxylation sites is 1. The number of fused-ring (bicyclic) bond motifs is 7. The van der Waals surface area contributed by atoms with Gasteiger partial charge in [0.05, 0.1) is 33.0 Å². The lowest BCUT2D eigenvalue weighted by Gasteiger charge is -2.40. The number of alkyl halides is 3. The molecule has 2 bridgehead atoms. The van der Waals surface area contributed by atoms with Crippen molar-refractivity contribution < 1.29 is 27.0 Å². The first-order valence-corrected chi connectivity index (χ1v) is 16.1. The second kappa shape index (κ2) is 10.2. The highest BCUT2D eigenvalue weighted by molar-refractivity contribution is 6.37. The van der Waals surface area contributed by atoms with Crippen molar-refractivity contribution in [3.8, 4) is 22.9 Å². The normalized spacial score (nSPS) is 28.6. The van der Waals surface area contributed by atoms with Crippen LogP contribution in [0.5, 0.6) is 11.8 Å². The molecule has 0 aliphatic carbocycles. The number of piperazine rings is 1. The molecule has 15 heteroatoms. The van der Waals surface area contributed by atoms with Crippen molar-refractivity contribution in [2.75, 3.05) is 43.5 Å². The number of ether oxygens (including phenoxy) is 2. The molecule has 0 amide bonds. The average molecular weight is 659 g/mol. The van der Waals surface area contributed by atoms with Gasteiger partial charge in [-0.3, -0.25) is 9.47 Å². The molecular formula is C31H31ClF4N8O2. The molecule has 0 spiro atoms. The van der Waals surface area contributed by atoms with Crippen LogP contribution in [0.4, 0.5) is 29.3 Å². The van der Waals surface area contributed by atoms with Crippen molar-refractivity contribution in [3.05, 3.63) is 29.0 Å². The third-order valence-corrected chi connectivity index (χ3v) is 11.0. The van der Waals surface area contributed by atoms with Gasteiger partial charge in [0.2, 0.25) is 5.95 Å². The average Bonchev–Trinajstić information content (AvgIpc) is 3.74. The van der Waals surface area contributed by atoms with Crippen LogP contribution in [0.1, 0.15) is 38.7 Å². The van der Waals surface area contributed by atoms with Crippen LogP contribution in [-0.4, -0.2) is 87.1 Å². The molecule has 4 aromatic rings. The van der Waals surface area contributed by atoms with Crippen molar-refractivity contribution in [1.82, 2.24) is 29.7 Å². The van der Waals surface area contributed by atoms with E-state index in [0.29, 0.717) is 35.3 Å². The minimum atomic E-state index is -3.03. The highest BCUT2D eigenvalue weighted by Crippen LogP contribution is 2.51. The summed E-state index contributed by atoms with van der Waals surface area (Å²) in [6, 6.07) is 4.76. The summed E-state index contributed by atoms with van der Waals surface area (Å²) in [5, 5.41) is 3.85. The van der Waals surface area contributed by atoms with E-state index in [9.17, 15) is 13.2 Å². The summed E-state index contributed by atoms with van der Waals surface area (Å²) < 4.78 is 73.3. The third-order valence-electron chi connectivity index (χ3n) is 10.6. The number of imidazole rings is 1. The van der Waals surface area contributed by atoms with E-state index < -0.39 is 30.0 Å². The van der Waals surface area contributed by atoms with Crippen molar-refractivity contribution in [2.24, 2.45) is 0 Å². The lowest BCUT2D eigenvalue weighted by molar-refractivity contribution is 0.0771. The first-order chi connectivity index (χ1) is 22.2. The molecular weight excluding hydrogens is 628 g/mol. The van der Waals surface area contributed by atoms with E-state index in [-0.39, 0.29) is 75.8 Å². The van der Waals surface area contributed by atoms with E-state index in [1.165, 1.54) is 12.1 Å². The smallest absolute Gasteiger partial charge is 0.321 e. The zero-order valence-corrected chi connectivity index (χ0v) is 25.4. The number of hydrogen-bond donors (Lipinski definition) is 2. The van der Waals surface area contributed by atoms with Crippen LogP contribution in [0.2, 0.25) is 5.02 Å². The van der Waals surface area contributed by atoms with Crippen LogP contribution in [0, 0.1) is 5.82 Å². The Labute approximate surface area is 265 Å². The van der Waals surface area contributed by atoms with Gasteiger partial charge in [0.15, 0.2) is 11.6 Å². The molecule has 7 heterocycles. The molecule has 0 saturated carbocycles. The topological polar surface area (TPSA) is 107 Å². The standard InChI is InChI=1S/C31H31ClF4N8O2/c32-22-20(16-3-1-4-18-25(16)44(28(35)36)29(37)39-18)23(34)24-21-26(22)45-12-19-17-6-5-15(38-17)11-43(19)27(21)41-30(40-24)46-13-31-7-2-8-42(31)10-14(33)9-31/h1,3-4,14-15,17,19,28,38H,2,5-13H2,(H2,37,39)/t14-,15-,17+,19-,31+/m1/s1. The van der Waals surface area contributed by atoms with Gasteiger partial charge in [-0.15, -0.1) is 0 Å². The second-order valence-electron chi connectivity index (χ2n) is 13.1. The maximum absolute atomic E-state index is 17.1. The van der Waals surface area contributed by atoms with Crippen LogP contribution < -0.4 is 25.4 Å². The number of benzene rings is 2. The summed E-state index contributed by atoms with van der Waals surface area (Å²) in [5.74, 6) is -0.633. The third kappa shape index (κ3) is 4.05. The summed E-state index contributed by atoms with van der Waals surface area (Å²) in [5.41, 5.74) is 5.29. The zero-order valence-electron chi connectivity index (χ0n) is 24.7. The SMILES string of the molecule is Nc1nc2cccc(-c3c(Cl)c4c5c(nc(OC[C@@]67CCCN6C[C@H](F)C7)nc5c3F)N3C[C@H]5CC[C@H](N5)[C@H]3CO4)c2n1C(F)F. The molecule has 10 nitrogen and oxygen atoms in total. The number of nitrogens with zero attached hydrogens (tertiary/aromatic N) is 6. The van der Waals surface area contributed by atoms with Crippen molar-refractivity contribution in [2.45, 2.75) is 68.5 Å². The highest BCUT2D eigenvalue weighted by Gasteiger charge is 2.50. The van der Waals surface area contributed by atoms with Gasteiger partial charge < -0.3 is 25.4 Å². The van der Waals surface area contributed by atoms with Crippen molar-refractivity contribution in [1.29, 1.82) is 0 Å². The fourth-order valence-electron chi connectivity index (χ4n) is 8.60. The number of halogens is 5. The summed E-state index contributed by atoms with van der Waals surface area (Å²) in [6.45, 7) is -0.870. The molecule has 5 aliphatic heterocycles. The number of anilines is 2. The predicted molar refractivity (Wildman–Crippen MR) is 164 cm³/mol. The Bertz CT molecular complexity index is 1910. The summed E-state index contributed by atoms with van der Waals surface area (Å²) >= 11 is 7.01. The second-order valence-corrected chi connectivity index (χ2v) is 13.5. The van der Waals surface area contributed by atoms with E-state index in [2.05, 4.69) is 25.1 Å². The number of rotatable bonds is 5. The molecule has 3 N–H and O–H groups in total. The van der Waals surface area contributed by atoms with Crippen molar-refractivity contribution >= 4 is 45.3 Å². The summed E-state index contributed by atoms with van der Waals surface area (Å²) in [7, 11) is 0. The van der Waals surface area contributed by atoms with Gasteiger partial charge in [0.1, 0.15) is 30.7 Å². The van der Waals surface area contributed by atoms with Crippen LogP contribution >= 0.6 is 11.6 Å². The van der Waals surface area contributed by atoms with E-state index in [4.69, 9.17) is 31.8 Å². The Morgan fingerprint density at radius 2 is 2.07 bits per heavy atom. The van der Waals surface area contributed by atoms with E-state index >= 15 is 4.39 Å². The molecule has 242 valence electrons. The van der Waals surface area contributed by atoms with Gasteiger partial charge >= 0.3 is 12.6 Å². The van der Waals surface area contributed by atoms with Gasteiger partial charge in [0, 0.05) is 42.7 Å². The number of nitrogens with one attached hydrogen (secondary N) is 1. The minimum Gasteiger partial charge on any atom is -0.489 e. The lowest BCUT2D eigenvalue weighted by atomic mass is 9.95. The van der Waals surface area contributed by atoms with Crippen LogP contribution in [0.3, 0.4) is 0 Å². The van der Waals surface area contributed by atoms with Gasteiger partial charge in [-0.2, -0.15) is 18.7 Å². The number of aromatic nitrogens is 4. The molecule has 5 aliphatic rings. The van der Waals surface area contributed by atoms with Crippen molar-refractivity contribution in [3.63, 3.8) is 0 Å². The fourth-order valence-corrected chi connectivity index (χ4v) is 8.93. The van der Waals surface area contributed by atoms with Crippen LogP contribution in [-0.2, 0) is 0 Å². The minimum absolute atomic E-state index is 0.0456. The zero-order chi connectivity index (χ0) is 31.5.